The molecular weight excluding hydrogens is 272 g/mol. The summed E-state index contributed by atoms with van der Waals surface area (Å²) in [5, 5.41) is 13.1. The van der Waals surface area contributed by atoms with E-state index < -0.39 is 5.97 Å². The maximum atomic E-state index is 11.2. The summed E-state index contributed by atoms with van der Waals surface area (Å²) in [6.07, 6.45) is 5.67. The van der Waals surface area contributed by atoms with Crippen molar-refractivity contribution in [1.29, 1.82) is 0 Å². The number of aromatic nitrogens is 2. The lowest BCUT2D eigenvalue weighted by atomic mass is 9.69. The van der Waals surface area contributed by atoms with Gasteiger partial charge in [-0.15, -0.1) is 0 Å². The Balaban J connectivity index is 2.08. The maximum Gasteiger partial charge on any atom is 0.303 e. The highest BCUT2D eigenvalue weighted by Gasteiger charge is 2.36. The number of rotatable bonds is 7. The summed E-state index contributed by atoms with van der Waals surface area (Å²) >= 11 is 0. The molecule has 1 fully saturated rings. The average Bonchev–Trinajstić information content (AvgIpc) is 2.87. The summed E-state index contributed by atoms with van der Waals surface area (Å²) in [6, 6.07) is 0. The fraction of sp³-hybridized carbons (Fsp3) is 0.800. The van der Waals surface area contributed by atoms with E-state index in [-0.39, 0.29) is 17.9 Å². The van der Waals surface area contributed by atoms with Crippen LogP contribution in [0.5, 0.6) is 0 Å². The molecule has 0 amide bonds. The van der Waals surface area contributed by atoms with E-state index in [1.54, 1.807) is 0 Å². The zero-order valence-corrected chi connectivity index (χ0v) is 12.8. The molecule has 2 rings (SSSR count). The summed E-state index contributed by atoms with van der Waals surface area (Å²) in [6.45, 7) is 4.39. The number of carboxylic acid groups (broad SMARTS) is 1. The molecule has 1 heterocycles. The zero-order chi connectivity index (χ0) is 15.3. The molecule has 1 aliphatic carbocycles. The van der Waals surface area contributed by atoms with Crippen molar-refractivity contribution < 1.29 is 19.2 Å². The van der Waals surface area contributed by atoms with Gasteiger partial charge in [-0.25, -0.2) is 0 Å². The normalized spacial score (nSPS) is 19.3. The van der Waals surface area contributed by atoms with Crippen molar-refractivity contribution in [2.45, 2.75) is 64.9 Å². The van der Waals surface area contributed by atoms with E-state index in [0.717, 1.165) is 25.7 Å². The number of carbonyl (C=O) groups is 1. The molecule has 1 atom stereocenters. The van der Waals surface area contributed by atoms with E-state index in [2.05, 4.69) is 10.1 Å². The molecule has 1 unspecified atom stereocenters. The van der Waals surface area contributed by atoms with E-state index in [4.69, 9.17) is 9.26 Å². The highest BCUT2D eigenvalue weighted by molar-refractivity contribution is 5.67. The van der Waals surface area contributed by atoms with Crippen LogP contribution in [-0.4, -0.2) is 27.8 Å². The summed E-state index contributed by atoms with van der Waals surface area (Å²) in [5.41, 5.74) is -0.233. The van der Waals surface area contributed by atoms with Crippen LogP contribution >= 0.6 is 0 Å². The van der Waals surface area contributed by atoms with Gasteiger partial charge in [0, 0.05) is 13.0 Å². The number of carboxylic acids is 1. The predicted octanol–water partition coefficient (Wildman–Crippen LogP) is 3.13. The van der Waals surface area contributed by atoms with Crippen molar-refractivity contribution in [3.05, 3.63) is 11.7 Å². The van der Waals surface area contributed by atoms with E-state index in [1.807, 2.05) is 13.8 Å². The van der Waals surface area contributed by atoms with Crippen molar-refractivity contribution in [3.8, 4) is 0 Å². The van der Waals surface area contributed by atoms with Gasteiger partial charge in [0.15, 0.2) is 5.82 Å². The van der Waals surface area contributed by atoms with Crippen LogP contribution in [0.3, 0.4) is 0 Å². The number of hydrogen-bond acceptors (Lipinski definition) is 5. The van der Waals surface area contributed by atoms with E-state index in [9.17, 15) is 9.90 Å². The number of ether oxygens (including phenoxy) is 1. The van der Waals surface area contributed by atoms with Crippen molar-refractivity contribution in [1.82, 2.24) is 10.1 Å². The van der Waals surface area contributed by atoms with Gasteiger partial charge in [-0.05, 0) is 32.1 Å². The molecule has 0 bridgehead atoms. The van der Waals surface area contributed by atoms with Crippen LogP contribution in [0, 0.1) is 5.41 Å². The summed E-state index contributed by atoms with van der Waals surface area (Å²) < 4.78 is 10.7. The van der Waals surface area contributed by atoms with Crippen LogP contribution in [0.15, 0.2) is 4.52 Å². The third kappa shape index (κ3) is 4.27. The first kappa shape index (κ1) is 15.9. The SMILES string of the molecule is CCOC(C)c1noc(CC2(CC(=O)O)CCCCC2)n1. The second-order valence-corrected chi connectivity index (χ2v) is 5.95. The Hall–Kier alpha value is -1.43. The van der Waals surface area contributed by atoms with E-state index in [1.165, 1.54) is 6.42 Å². The Morgan fingerprint density at radius 1 is 1.43 bits per heavy atom. The molecule has 118 valence electrons. The van der Waals surface area contributed by atoms with Crippen LogP contribution in [0.1, 0.15) is 70.2 Å². The van der Waals surface area contributed by atoms with Crippen molar-refractivity contribution in [3.63, 3.8) is 0 Å². The molecule has 6 heteroatoms. The van der Waals surface area contributed by atoms with Crippen LogP contribution < -0.4 is 0 Å². The molecule has 1 aliphatic rings. The smallest absolute Gasteiger partial charge is 0.303 e. The average molecular weight is 296 g/mol. The minimum absolute atomic E-state index is 0.172. The first-order valence-corrected chi connectivity index (χ1v) is 7.70. The van der Waals surface area contributed by atoms with Gasteiger partial charge >= 0.3 is 5.97 Å². The third-order valence-corrected chi connectivity index (χ3v) is 4.23. The molecule has 1 saturated carbocycles. The van der Waals surface area contributed by atoms with Crippen LogP contribution in [0.4, 0.5) is 0 Å². The molecule has 0 aliphatic heterocycles. The van der Waals surface area contributed by atoms with Crippen LogP contribution in [-0.2, 0) is 16.0 Å². The third-order valence-electron chi connectivity index (χ3n) is 4.23. The van der Waals surface area contributed by atoms with Crippen molar-refractivity contribution in [2.24, 2.45) is 5.41 Å². The molecule has 0 aromatic carbocycles. The molecule has 0 saturated heterocycles. The molecule has 0 spiro atoms. The van der Waals surface area contributed by atoms with Gasteiger partial charge in [0.25, 0.3) is 0 Å². The fourth-order valence-corrected chi connectivity index (χ4v) is 3.19. The van der Waals surface area contributed by atoms with Gasteiger partial charge in [0.2, 0.25) is 5.89 Å². The van der Waals surface area contributed by atoms with Gasteiger partial charge in [0.05, 0.1) is 6.42 Å². The molecule has 1 N–H and O–H groups in total. The molecule has 1 aromatic rings. The highest BCUT2D eigenvalue weighted by atomic mass is 16.5. The first-order chi connectivity index (χ1) is 10.0. The standard InChI is InChI=1S/C15H24N2O4/c1-3-20-11(2)14-16-12(21-17-14)9-15(10-13(18)19)7-5-4-6-8-15/h11H,3-10H2,1-2H3,(H,18,19). The lowest BCUT2D eigenvalue weighted by Gasteiger charge is -2.34. The summed E-state index contributed by atoms with van der Waals surface area (Å²) in [5.74, 6) is 0.312. The Labute approximate surface area is 124 Å². The summed E-state index contributed by atoms with van der Waals surface area (Å²) in [4.78, 5) is 15.6. The highest BCUT2D eigenvalue weighted by Crippen LogP contribution is 2.42. The monoisotopic (exact) mass is 296 g/mol. The van der Waals surface area contributed by atoms with Crippen molar-refractivity contribution in [2.75, 3.05) is 6.61 Å². The molecule has 0 radical (unpaired) electrons. The lowest BCUT2D eigenvalue weighted by molar-refractivity contribution is -0.140. The molecule has 21 heavy (non-hydrogen) atoms. The topological polar surface area (TPSA) is 85.5 Å². The predicted molar refractivity (Wildman–Crippen MR) is 75.8 cm³/mol. The van der Waals surface area contributed by atoms with Gasteiger partial charge < -0.3 is 14.4 Å². The molecule has 6 nitrogen and oxygen atoms in total. The van der Waals surface area contributed by atoms with Gasteiger partial charge in [0.1, 0.15) is 6.10 Å². The molecule has 1 aromatic heterocycles. The number of aliphatic carboxylic acids is 1. The van der Waals surface area contributed by atoms with E-state index >= 15 is 0 Å². The zero-order valence-electron chi connectivity index (χ0n) is 12.8. The van der Waals surface area contributed by atoms with Gasteiger partial charge in [-0.2, -0.15) is 4.98 Å². The Kier molecular flexibility index (Phi) is 5.33. The van der Waals surface area contributed by atoms with E-state index in [0.29, 0.717) is 24.7 Å². The second kappa shape index (κ2) is 7.02. The Bertz CT molecular complexity index is 466. The minimum Gasteiger partial charge on any atom is -0.481 e. The van der Waals surface area contributed by atoms with Gasteiger partial charge in [-0.3, -0.25) is 4.79 Å². The minimum atomic E-state index is -0.751. The van der Waals surface area contributed by atoms with Crippen LogP contribution in [0.25, 0.3) is 0 Å². The molecular formula is C15H24N2O4. The van der Waals surface area contributed by atoms with Gasteiger partial charge in [-0.1, -0.05) is 24.4 Å². The second-order valence-electron chi connectivity index (χ2n) is 5.95. The quantitative estimate of drug-likeness (QED) is 0.832. The van der Waals surface area contributed by atoms with Crippen LogP contribution in [0.2, 0.25) is 0 Å². The number of nitrogens with zero attached hydrogens (tertiary/aromatic N) is 2. The first-order valence-electron chi connectivity index (χ1n) is 7.70. The Morgan fingerprint density at radius 3 is 2.76 bits per heavy atom. The maximum absolute atomic E-state index is 11.2. The Morgan fingerprint density at radius 2 is 2.14 bits per heavy atom. The largest absolute Gasteiger partial charge is 0.481 e. The lowest BCUT2D eigenvalue weighted by Crippen LogP contribution is -2.30. The fourth-order valence-electron chi connectivity index (χ4n) is 3.19. The van der Waals surface area contributed by atoms with Crippen molar-refractivity contribution >= 4 is 5.97 Å². The summed E-state index contributed by atoms with van der Waals surface area (Å²) in [7, 11) is 0. The number of hydrogen-bond donors (Lipinski definition) is 1.